The van der Waals surface area contributed by atoms with Crippen LogP contribution in [0, 0.1) is 0 Å². The van der Waals surface area contributed by atoms with Gasteiger partial charge in [-0.3, -0.25) is 5.32 Å². The summed E-state index contributed by atoms with van der Waals surface area (Å²) in [5.41, 5.74) is 2.45. The maximum atomic E-state index is 11.9. The minimum atomic E-state index is -0.362. The standard InChI is InChI=1S/C18H27N3O2/c1-3-4-5-6-10-20-17(22)23-13-7-8-15-14(12-13)18(2)9-11-19-16(18)21-15/h7-8,12,16,19,21H,3-6,9-11H2,1-2H3,(H,20,22)/t16?,18-/m0/s1. The smallest absolute Gasteiger partial charge is 0.410 e. The zero-order valence-corrected chi connectivity index (χ0v) is 14.1. The summed E-state index contributed by atoms with van der Waals surface area (Å²) >= 11 is 0. The molecule has 0 aliphatic carbocycles. The molecule has 5 nitrogen and oxygen atoms in total. The third-order valence-electron chi connectivity index (χ3n) is 5.05. The van der Waals surface area contributed by atoms with E-state index in [1.165, 1.54) is 18.4 Å². The fourth-order valence-electron chi connectivity index (χ4n) is 3.57. The van der Waals surface area contributed by atoms with Crippen LogP contribution in [0.15, 0.2) is 18.2 Å². The zero-order valence-electron chi connectivity index (χ0n) is 14.1. The predicted octanol–water partition coefficient (Wildman–Crippen LogP) is 3.36. The van der Waals surface area contributed by atoms with E-state index in [1.54, 1.807) is 0 Å². The molecule has 2 heterocycles. The molecule has 1 unspecified atom stereocenters. The van der Waals surface area contributed by atoms with Crippen LogP contribution < -0.4 is 20.7 Å². The summed E-state index contributed by atoms with van der Waals surface area (Å²) in [4.78, 5) is 11.9. The topological polar surface area (TPSA) is 62.4 Å². The summed E-state index contributed by atoms with van der Waals surface area (Å²) in [6, 6.07) is 5.86. The van der Waals surface area contributed by atoms with Crippen molar-refractivity contribution in [3.8, 4) is 5.75 Å². The van der Waals surface area contributed by atoms with Crippen molar-refractivity contribution in [1.29, 1.82) is 0 Å². The SMILES string of the molecule is CCCCCCNC(=O)Oc1ccc2c(c1)[C@]1(C)CCNC1N2. The highest BCUT2D eigenvalue weighted by atomic mass is 16.6. The molecule has 2 atom stereocenters. The normalized spacial score (nSPS) is 24.7. The number of rotatable bonds is 6. The molecule has 1 saturated heterocycles. The lowest BCUT2D eigenvalue weighted by Crippen LogP contribution is -2.38. The minimum Gasteiger partial charge on any atom is -0.410 e. The van der Waals surface area contributed by atoms with Crippen LogP contribution in [0.4, 0.5) is 10.5 Å². The third-order valence-corrected chi connectivity index (χ3v) is 5.05. The van der Waals surface area contributed by atoms with E-state index in [9.17, 15) is 4.79 Å². The number of hydrogen-bond acceptors (Lipinski definition) is 4. The Kier molecular flexibility index (Phi) is 4.76. The number of fused-ring (bicyclic) bond motifs is 3. The van der Waals surface area contributed by atoms with Crippen LogP contribution in [0.3, 0.4) is 0 Å². The van der Waals surface area contributed by atoms with Crippen molar-refractivity contribution in [3.05, 3.63) is 23.8 Å². The Labute approximate surface area is 138 Å². The van der Waals surface area contributed by atoms with E-state index in [-0.39, 0.29) is 17.7 Å². The Balaban J connectivity index is 1.57. The largest absolute Gasteiger partial charge is 0.412 e. The van der Waals surface area contributed by atoms with Gasteiger partial charge in [-0.2, -0.15) is 0 Å². The molecule has 0 radical (unpaired) electrons. The van der Waals surface area contributed by atoms with Crippen molar-refractivity contribution >= 4 is 11.8 Å². The molecule has 1 amide bonds. The van der Waals surface area contributed by atoms with Gasteiger partial charge in [0.25, 0.3) is 0 Å². The molecule has 0 saturated carbocycles. The molecule has 2 aliphatic heterocycles. The first-order valence-electron chi connectivity index (χ1n) is 8.73. The second-order valence-corrected chi connectivity index (χ2v) is 6.78. The van der Waals surface area contributed by atoms with Crippen molar-refractivity contribution in [1.82, 2.24) is 10.6 Å². The van der Waals surface area contributed by atoms with E-state index in [1.807, 2.05) is 18.2 Å². The van der Waals surface area contributed by atoms with Crippen molar-refractivity contribution < 1.29 is 9.53 Å². The van der Waals surface area contributed by atoms with Crippen molar-refractivity contribution in [2.75, 3.05) is 18.4 Å². The average Bonchev–Trinajstić information content (AvgIpc) is 3.02. The fraction of sp³-hybridized carbons (Fsp3) is 0.611. The summed E-state index contributed by atoms with van der Waals surface area (Å²) in [7, 11) is 0. The van der Waals surface area contributed by atoms with Crippen LogP contribution in [0.2, 0.25) is 0 Å². The maximum absolute atomic E-state index is 11.9. The number of hydrogen-bond donors (Lipinski definition) is 3. The van der Waals surface area contributed by atoms with Crippen molar-refractivity contribution in [3.63, 3.8) is 0 Å². The van der Waals surface area contributed by atoms with Crippen LogP contribution in [-0.2, 0) is 5.41 Å². The van der Waals surface area contributed by atoms with Gasteiger partial charge in [-0.1, -0.05) is 33.1 Å². The average molecular weight is 317 g/mol. The van der Waals surface area contributed by atoms with E-state index in [4.69, 9.17) is 4.74 Å². The predicted molar refractivity (Wildman–Crippen MR) is 92.0 cm³/mol. The number of carbonyl (C=O) groups excluding carboxylic acids is 1. The van der Waals surface area contributed by atoms with E-state index in [0.29, 0.717) is 12.3 Å². The minimum absolute atomic E-state index is 0.0747. The molecular weight excluding hydrogens is 290 g/mol. The van der Waals surface area contributed by atoms with Gasteiger partial charge in [0, 0.05) is 17.6 Å². The first-order valence-corrected chi connectivity index (χ1v) is 8.73. The van der Waals surface area contributed by atoms with Gasteiger partial charge >= 0.3 is 6.09 Å². The second-order valence-electron chi connectivity index (χ2n) is 6.78. The number of ether oxygens (including phenoxy) is 1. The number of nitrogens with one attached hydrogen (secondary N) is 3. The highest BCUT2D eigenvalue weighted by Gasteiger charge is 2.46. The molecule has 126 valence electrons. The summed E-state index contributed by atoms with van der Waals surface area (Å²) in [5.74, 6) is 0.616. The van der Waals surface area contributed by atoms with Crippen molar-refractivity contribution in [2.24, 2.45) is 0 Å². The number of carbonyl (C=O) groups is 1. The van der Waals surface area contributed by atoms with Crippen LogP contribution in [-0.4, -0.2) is 25.3 Å². The van der Waals surface area contributed by atoms with Crippen LogP contribution >= 0.6 is 0 Å². The van der Waals surface area contributed by atoms with E-state index >= 15 is 0 Å². The molecule has 5 heteroatoms. The van der Waals surface area contributed by atoms with Gasteiger partial charge in [-0.05, 0) is 43.1 Å². The fourth-order valence-corrected chi connectivity index (χ4v) is 3.57. The third kappa shape index (κ3) is 3.29. The molecule has 0 aromatic heterocycles. The maximum Gasteiger partial charge on any atom is 0.412 e. The number of benzene rings is 1. The van der Waals surface area contributed by atoms with Crippen LogP contribution in [0.5, 0.6) is 5.75 Å². The van der Waals surface area contributed by atoms with Gasteiger partial charge < -0.3 is 15.4 Å². The van der Waals surface area contributed by atoms with Crippen molar-refractivity contribution in [2.45, 2.75) is 57.5 Å². The molecule has 23 heavy (non-hydrogen) atoms. The molecule has 3 rings (SSSR count). The number of anilines is 1. The lowest BCUT2D eigenvalue weighted by atomic mass is 9.81. The summed E-state index contributed by atoms with van der Waals surface area (Å²) in [5, 5.41) is 9.81. The summed E-state index contributed by atoms with van der Waals surface area (Å²) in [6.45, 7) is 6.12. The van der Waals surface area contributed by atoms with Gasteiger partial charge in [-0.15, -0.1) is 0 Å². The second kappa shape index (κ2) is 6.79. The Hall–Kier alpha value is -1.75. The molecule has 0 bridgehead atoms. The highest BCUT2D eigenvalue weighted by Crippen LogP contribution is 2.46. The van der Waals surface area contributed by atoms with Crippen LogP contribution in [0.25, 0.3) is 0 Å². The first kappa shape index (κ1) is 16.1. The number of amides is 1. The first-order chi connectivity index (χ1) is 11.1. The lowest BCUT2D eigenvalue weighted by molar-refractivity contribution is 0.200. The van der Waals surface area contributed by atoms with E-state index in [2.05, 4.69) is 29.8 Å². The quantitative estimate of drug-likeness (QED) is 0.704. The Bertz CT molecular complexity index is 575. The molecule has 3 N–H and O–H groups in total. The van der Waals surface area contributed by atoms with Gasteiger partial charge in [0.1, 0.15) is 5.75 Å². The van der Waals surface area contributed by atoms with Crippen LogP contribution in [0.1, 0.15) is 51.5 Å². The van der Waals surface area contributed by atoms with Gasteiger partial charge in [-0.25, -0.2) is 4.79 Å². The molecule has 2 aliphatic rings. The summed E-state index contributed by atoms with van der Waals surface area (Å²) in [6.07, 6.45) is 5.56. The Morgan fingerprint density at radius 3 is 3.09 bits per heavy atom. The number of unbranched alkanes of at least 4 members (excludes halogenated alkanes) is 3. The summed E-state index contributed by atoms with van der Waals surface area (Å²) < 4.78 is 5.44. The molecule has 0 spiro atoms. The van der Waals surface area contributed by atoms with Gasteiger partial charge in [0.05, 0.1) is 6.17 Å². The molecule has 1 aromatic rings. The molecular formula is C18H27N3O2. The van der Waals surface area contributed by atoms with Gasteiger partial charge in [0.2, 0.25) is 0 Å². The lowest BCUT2D eigenvalue weighted by Gasteiger charge is -2.23. The highest BCUT2D eigenvalue weighted by molar-refractivity contribution is 5.72. The van der Waals surface area contributed by atoms with Gasteiger partial charge in [0.15, 0.2) is 0 Å². The monoisotopic (exact) mass is 317 g/mol. The molecule has 1 aromatic carbocycles. The Morgan fingerprint density at radius 2 is 2.26 bits per heavy atom. The van der Waals surface area contributed by atoms with E-state index < -0.39 is 0 Å². The zero-order chi connectivity index (χ0) is 16.3. The molecule has 1 fully saturated rings. The Morgan fingerprint density at radius 1 is 1.39 bits per heavy atom. The van der Waals surface area contributed by atoms with E-state index in [0.717, 1.165) is 31.5 Å².